The molecule has 0 amide bonds. The maximum atomic E-state index is 13.9. The van der Waals surface area contributed by atoms with E-state index in [1.54, 1.807) is 13.8 Å². The molecule has 0 heterocycles. The molecule has 0 aromatic carbocycles. The van der Waals surface area contributed by atoms with Gasteiger partial charge >= 0.3 is 5.92 Å². The quantitative estimate of drug-likeness (QED) is 0.673. The molecule has 1 fully saturated rings. The highest BCUT2D eigenvalue weighted by Crippen LogP contribution is 2.37. The lowest BCUT2D eigenvalue weighted by Gasteiger charge is -2.38. The van der Waals surface area contributed by atoms with Crippen LogP contribution in [0.3, 0.4) is 0 Å². The molecule has 0 aromatic heterocycles. The molecule has 0 aliphatic heterocycles. The van der Waals surface area contributed by atoms with E-state index in [9.17, 15) is 18.7 Å². The molecule has 0 radical (unpaired) electrons. The zero-order valence-corrected chi connectivity index (χ0v) is 12.2. The molecule has 0 saturated heterocycles. The average molecular weight is 293 g/mol. The summed E-state index contributed by atoms with van der Waals surface area (Å²) in [7, 11) is 1.36. The molecule has 1 saturated carbocycles. The molecule has 4 nitrogen and oxygen atoms in total. The van der Waals surface area contributed by atoms with Gasteiger partial charge in [0.25, 0.3) is 0 Å². The fraction of sp³-hybridized carbons (Fsp3) is 0.929. The third kappa shape index (κ3) is 4.12. The molecular formula is C14H23F2O4-. The standard InChI is InChI=1S/C14H24F2O4/c1-9(2)12(19-3)20-11(14(15,16)13(17)18)10-7-5-4-6-8-10/h9-12H,4-8H2,1-3H3,(H,17,18)/p-1. The number of rotatable bonds is 7. The second kappa shape index (κ2) is 7.31. The molecule has 1 rings (SSSR count). The van der Waals surface area contributed by atoms with Crippen molar-refractivity contribution in [3.05, 3.63) is 0 Å². The van der Waals surface area contributed by atoms with Gasteiger partial charge in [0.05, 0.1) is 0 Å². The van der Waals surface area contributed by atoms with E-state index in [1.807, 2.05) is 0 Å². The third-order valence-electron chi connectivity index (χ3n) is 3.76. The molecule has 0 spiro atoms. The van der Waals surface area contributed by atoms with E-state index in [0.717, 1.165) is 19.3 Å². The lowest BCUT2D eigenvalue weighted by atomic mass is 9.82. The zero-order valence-electron chi connectivity index (χ0n) is 12.2. The molecule has 2 unspecified atom stereocenters. The highest BCUT2D eigenvalue weighted by Gasteiger charge is 2.48. The number of aliphatic carboxylic acids is 1. The second-order valence-corrected chi connectivity index (χ2v) is 5.71. The van der Waals surface area contributed by atoms with Crippen molar-refractivity contribution in [2.45, 2.75) is 64.3 Å². The lowest BCUT2D eigenvalue weighted by molar-refractivity contribution is -0.346. The Hall–Kier alpha value is -0.750. The molecule has 2 atom stereocenters. The number of halogens is 2. The summed E-state index contributed by atoms with van der Waals surface area (Å²) in [6.07, 6.45) is 1.15. The minimum atomic E-state index is -4.01. The van der Waals surface area contributed by atoms with E-state index in [0.29, 0.717) is 12.8 Å². The predicted molar refractivity (Wildman–Crippen MR) is 67.0 cm³/mol. The van der Waals surface area contributed by atoms with Crippen molar-refractivity contribution in [3.63, 3.8) is 0 Å². The van der Waals surface area contributed by atoms with Gasteiger partial charge in [0.15, 0.2) is 6.29 Å². The van der Waals surface area contributed by atoms with Gasteiger partial charge in [-0.15, -0.1) is 0 Å². The molecular weight excluding hydrogens is 270 g/mol. The topological polar surface area (TPSA) is 58.6 Å². The van der Waals surface area contributed by atoms with Crippen LogP contribution in [0.15, 0.2) is 0 Å². The first-order valence-electron chi connectivity index (χ1n) is 7.08. The summed E-state index contributed by atoms with van der Waals surface area (Å²) in [5.74, 6) is -7.02. The first kappa shape index (κ1) is 17.3. The van der Waals surface area contributed by atoms with Crippen molar-refractivity contribution < 1.29 is 28.2 Å². The SMILES string of the molecule is COC(OC(C1CCCCC1)C(F)(F)C(=O)[O-])C(C)C. The molecule has 6 heteroatoms. The van der Waals surface area contributed by atoms with Gasteiger partial charge in [-0.05, 0) is 18.8 Å². The number of carbonyl (C=O) groups excluding carboxylic acids is 1. The predicted octanol–water partition coefficient (Wildman–Crippen LogP) is 1.97. The first-order valence-corrected chi connectivity index (χ1v) is 7.08. The summed E-state index contributed by atoms with van der Waals surface area (Å²) in [5.41, 5.74) is 0. The second-order valence-electron chi connectivity index (χ2n) is 5.71. The van der Waals surface area contributed by atoms with E-state index < -0.39 is 30.2 Å². The van der Waals surface area contributed by atoms with Crippen molar-refractivity contribution in [2.24, 2.45) is 11.8 Å². The lowest BCUT2D eigenvalue weighted by Crippen LogP contribution is -2.55. The maximum absolute atomic E-state index is 13.9. The Morgan fingerprint density at radius 2 is 1.80 bits per heavy atom. The Morgan fingerprint density at radius 3 is 2.20 bits per heavy atom. The fourth-order valence-corrected chi connectivity index (χ4v) is 2.68. The summed E-state index contributed by atoms with van der Waals surface area (Å²) in [6, 6.07) is 0. The minimum Gasteiger partial charge on any atom is -0.544 e. The van der Waals surface area contributed by atoms with Crippen LogP contribution in [0, 0.1) is 11.8 Å². The minimum absolute atomic E-state index is 0.149. The third-order valence-corrected chi connectivity index (χ3v) is 3.76. The van der Waals surface area contributed by atoms with Crippen LogP contribution in [0.2, 0.25) is 0 Å². The van der Waals surface area contributed by atoms with Crippen molar-refractivity contribution in [3.8, 4) is 0 Å². The van der Waals surface area contributed by atoms with Gasteiger partial charge in [0.2, 0.25) is 0 Å². The van der Waals surface area contributed by atoms with Crippen LogP contribution in [-0.4, -0.2) is 31.4 Å². The van der Waals surface area contributed by atoms with Crippen LogP contribution in [-0.2, 0) is 14.3 Å². The number of carboxylic acids is 1. The number of carboxylic acid groups (broad SMARTS) is 1. The van der Waals surface area contributed by atoms with Gasteiger partial charge < -0.3 is 19.4 Å². The number of carbonyl (C=O) groups is 1. The highest BCUT2D eigenvalue weighted by molar-refractivity contribution is 5.74. The number of hydrogen-bond donors (Lipinski definition) is 0. The molecule has 0 aromatic rings. The van der Waals surface area contributed by atoms with Crippen LogP contribution in [0.4, 0.5) is 8.78 Å². The van der Waals surface area contributed by atoms with Gasteiger partial charge in [-0.1, -0.05) is 33.1 Å². The van der Waals surface area contributed by atoms with Crippen LogP contribution in [0.25, 0.3) is 0 Å². The summed E-state index contributed by atoms with van der Waals surface area (Å²) >= 11 is 0. The number of ether oxygens (including phenoxy) is 2. The number of alkyl halides is 2. The zero-order chi connectivity index (χ0) is 15.3. The van der Waals surface area contributed by atoms with Crippen LogP contribution in [0.5, 0.6) is 0 Å². The van der Waals surface area contributed by atoms with Crippen LogP contribution >= 0.6 is 0 Å². The Balaban J connectivity index is 2.91. The van der Waals surface area contributed by atoms with Crippen molar-refractivity contribution in [1.82, 2.24) is 0 Å². The fourth-order valence-electron chi connectivity index (χ4n) is 2.68. The smallest absolute Gasteiger partial charge is 0.313 e. The highest BCUT2D eigenvalue weighted by atomic mass is 19.3. The van der Waals surface area contributed by atoms with Crippen LogP contribution < -0.4 is 5.11 Å². The monoisotopic (exact) mass is 293 g/mol. The summed E-state index contributed by atoms with van der Waals surface area (Å²) < 4.78 is 38.2. The Bertz CT molecular complexity index is 314. The molecule has 1 aliphatic carbocycles. The van der Waals surface area contributed by atoms with E-state index in [-0.39, 0.29) is 5.92 Å². The average Bonchev–Trinajstić information content (AvgIpc) is 2.39. The Kier molecular flexibility index (Phi) is 6.33. The Labute approximate surface area is 118 Å². The van der Waals surface area contributed by atoms with Gasteiger partial charge in [-0.2, -0.15) is 8.78 Å². The van der Waals surface area contributed by atoms with Crippen molar-refractivity contribution >= 4 is 5.97 Å². The summed E-state index contributed by atoms with van der Waals surface area (Å²) in [6.45, 7) is 3.53. The van der Waals surface area contributed by atoms with E-state index in [4.69, 9.17) is 9.47 Å². The molecule has 1 aliphatic rings. The number of methoxy groups -OCH3 is 1. The van der Waals surface area contributed by atoms with Gasteiger partial charge in [0.1, 0.15) is 12.1 Å². The molecule has 118 valence electrons. The Morgan fingerprint density at radius 1 is 1.25 bits per heavy atom. The summed E-state index contributed by atoms with van der Waals surface area (Å²) in [4.78, 5) is 10.8. The van der Waals surface area contributed by atoms with Crippen molar-refractivity contribution in [1.29, 1.82) is 0 Å². The van der Waals surface area contributed by atoms with E-state index >= 15 is 0 Å². The summed E-state index contributed by atoms with van der Waals surface area (Å²) in [5, 5.41) is 10.8. The van der Waals surface area contributed by atoms with E-state index in [2.05, 4.69) is 0 Å². The van der Waals surface area contributed by atoms with Crippen LogP contribution in [0.1, 0.15) is 46.0 Å². The normalized spacial score (nSPS) is 20.9. The van der Waals surface area contributed by atoms with Gasteiger partial charge in [-0.25, -0.2) is 0 Å². The molecule has 0 N–H and O–H groups in total. The molecule has 20 heavy (non-hydrogen) atoms. The largest absolute Gasteiger partial charge is 0.544 e. The number of hydrogen-bond acceptors (Lipinski definition) is 4. The van der Waals surface area contributed by atoms with Crippen molar-refractivity contribution in [2.75, 3.05) is 7.11 Å². The first-order chi connectivity index (χ1) is 9.30. The van der Waals surface area contributed by atoms with Gasteiger partial charge in [0, 0.05) is 13.0 Å². The molecule has 0 bridgehead atoms. The van der Waals surface area contributed by atoms with Gasteiger partial charge in [-0.3, -0.25) is 0 Å². The maximum Gasteiger partial charge on any atom is 0.313 e. The van der Waals surface area contributed by atoms with E-state index in [1.165, 1.54) is 7.11 Å².